The highest BCUT2D eigenvalue weighted by molar-refractivity contribution is 5.58. The fraction of sp³-hybridized carbons (Fsp3) is 0.333. The third-order valence-electron chi connectivity index (χ3n) is 4.68. The second kappa shape index (κ2) is 7.80. The van der Waals surface area contributed by atoms with Crippen molar-refractivity contribution in [2.24, 2.45) is 0 Å². The molecule has 0 aromatic heterocycles. The first-order valence-electron chi connectivity index (χ1n) is 8.44. The molecule has 0 saturated carbocycles. The van der Waals surface area contributed by atoms with Crippen LogP contribution in [-0.2, 0) is 17.8 Å². The molecule has 4 N–H and O–H groups in total. The number of benzene rings is 2. The highest BCUT2D eigenvalue weighted by atomic mass is 19.4. The zero-order valence-electron chi connectivity index (χ0n) is 15.9. The minimum atomic E-state index is -7.12. The van der Waals surface area contributed by atoms with Crippen molar-refractivity contribution in [3.63, 3.8) is 0 Å². The molecule has 0 aliphatic rings. The van der Waals surface area contributed by atoms with Gasteiger partial charge in [-0.1, -0.05) is 0 Å². The summed E-state index contributed by atoms with van der Waals surface area (Å²) < 4.78 is 191. The van der Waals surface area contributed by atoms with E-state index in [1.807, 2.05) is 0 Å². The number of hydrogen-bond acceptors (Lipinski definition) is 2. The van der Waals surface area contributed by atoms with E-state index in [9.17, 15) is 61.5 Å². The Bertz CT molecular complexity index is 997. The third-order valence-corrected chi connectivity index (χ3v) is 4.68. The largest absolute Gasteiger partial charge is 0.454 e. The summed E-state index contributed by atoms with van der Waals surface area (Å²) in [6.45, 7) is 0. The van der Waals surface area contributed by atoms with Gasteiger partial charge in [0.2, 0.25) is 0 Å². The molecule has 16 heteroatoms. The number of nitrogen functional groups attached to an aromatic ring is 2. The van der Waals surface area contributed by atoms with Crippen LogP contribution in [0.2, 0.25) is 0 Å². The van der Waals surface area contributed by atoms with Gasteiger partial charge in [0, 0.05) is 11.4 Å². The number of nitrogens with two attached hydrogens (primary N) is 2. The summed E-state index contributed by atoms with van der Waals surface area (Å²) in [4.78, 5) is 0. The molecule has 0 heterocycles. The smallest absolute Gasteiger partial charge is 0.399 e. The molecule has 0 amide bonds. The summed E-state index contributed by atoms with van der Waals surface area (Å²) in [5.74, 6) is -7.01. The van der Waals surface area contributed by atoms with Crippen LogP contribution in [0.15, 0.2) is 36.4 Å². The van der Waals surface area contributed by atoms with Gasteiger partial charge >= 0.3 is 30.6 Å². The molecule has 0 atom stereocenters. The highest BCUT2D eigenvalue weighted by Crippen LogP contribution is 2.61. The van der Waals surface area contributed by atoms with Crippen LogP contribution in [0.3, 0.4) is 0 Å². The van der Waals surface area contributed by atoms with Crippen LogP contribution < -0.4 is 11.5 Å². The Hall–Kier alpha value is -2.94. The first kappa shape index (κ1) is 27.3. The lowest BCUT2D eigenvalue weighted by molar-refractivity contribution is -0.348. The van der Waals surface area contributed by atoms with Gasteiger partial charge in [-0.2, -0.15) is 61.5 Å². The highest BCUT2D eigenvalue weighted by Gasteiger charge is 2.80. The van der Waals surface area contributed by atoms with E-state index in [0.717, 1.165) is 0 Å². The van der Waals surface area contributed by atoms with Crippen molar-refractivity contribution in [3.05, 3.63) is 58.7 Å². The van der Waals surface area contributed by atoms with Gasteiger partial charge in [-0.3, -0.25) is 0 Å². The van der Waals surface area contributed by atoms with E-state index in [0.29, 0.717) is 0 Å². The van der Waals surface area contributed by atoms with Crippen LogP contribution in [0, 0.1) is 0 Å². The van der Waals surface area contributed by atoms with Crippen molar-refractivity contribution in [3.8, 4) is 0 Å². The summed E-state index contributed by atoms with van der Waals surface area (Å²) in [5, 5.41) is 0. The van der Waals surface area contributed by atoms with Gasteiger partial charge in [0.1, 0.15) is 0 Å². The SMILES string of the molecule is Nc1cc(C(F)(F)F)cc(C(c2cc(N)cc(C(F)(F)F)c2)(C(F)(F)F)C(F)(F)C(F)(F)F)c1. The minimum absolute atomic E-state index is 0.0587. The van der Waals surface area contributed by atoms with Crippen LogP contribution >= 0.6 is 0 Å². The number of alkyl halides is 14. The lowest BCUT2D eigenvalue weighted by Crippen LogP contribution is -2.63. The fourth-order valence-corrected chi connectivity index (χ4v) is 3.31. The summed E-state index contributed by atoms with van der Waals surface area (Å²) in [6, 6.07) is -2.04. The van der Waals surface area contributed by atoms with Crippen LogP contribution in [0.4, 0.5) is 72.8 Å². The van der Waals surface area contributed by atoms with Crippen LogP contribution in [0.1, 0.15) is 22.3 Å². The normalized spacial score (nSPS) is 14.4. The van der Waals surface area contributed by atoms with Crippen molar-refractivity contribution in [1.29, 1.82) is 0 Å². The third kappa shape index (κ3) is 4.41. The Morgan fingerprint density at radius 2 is 0.706 bits per heavy atom. The maximum Gasteiger partial charge on any atom is 0.454 e. The molecular formula is C18H10F14N2. The molecule has 2 nitrogen and oxygen atoms in total. The van der Waals surface area contributed by atoms with E-state index in [1.165, 1.54) is 0 Å². The molecule has 2 rings (SSSR count). The lowest BCUT2D eigenvalue weighted by Gasteiger charge is -2.43. The number of halogens is 14. The predicted octanol–water partition coefficient (Wildman–Crippen LogP) is 6.93. The Labute approximate surface area is 180 Å². The van der Waals surface area contributed by atoms with Crippen LogP contribution in [0.5, 0.6) is 0 Å². The summed E-state index contributed by atoms with van der Waals surface area (Å²) in [5.41, 5.74) is -7.48. The van der Waals surface area contributed by atoms with E-state index in [1.54, 1.807) is 0 Å². The van der Waals surface area contributed by atoms with Crippen molar-refractivity contribution in [1.82, 2.24) is 0 Å². The molecule has 2 aromatic carbocycles. The molecular weight excluding hydrogens is 510 g/mol. The molecule has 0 fully saturated rings. The quantitative estimate of drug-likeness (QED) is 0.341. The predicted molar refractivity (Wildman–Crippen MR) is 89.5 cm³/mol. The second-order valence-corrected chi connectivity index (χ2v) is 7.00. The van der Waals surface area contributed by atoms with Gasteiger partial charge in [0.25, 0.3) is 0 Å². The molecule has 0 aliphatic heterocycles. The first-order valence-corrected chi connectivity index (χ1v) is 8.44. The number of hydrogen-bond donors (Lipinski definition) is 2. The van der Waals surface area contributed by atoms with Crippen LogP contribution in [0.25, 0.3) is 0 Å². The molecule has 0 bridgehead atoms. The van der Waals surface area contributed by atoms with E-state index >= 15 is 0 Å². The zero-order chi connectivity index (χ0) is 26.7. The number of rotatable bonds is 3. The number of anilines is 2. The Kier molecular flexibility index (Phi) is 6.26. The lowest BCUT2D eigenvalue weighted by atomic mass is 9.67. The van der Waals surface area contributed by atoms with Gasteiger partial charge in [-0.25, -0.2) is 0 Å². The topological polar surface area (TPSA) is 52.0 Å². The van der Waals surface area contributed by atoms with Gasteiger partial charge in [0.15, 0.2) is 5.41 Å². The zero-order valence-corrected chi connectivity index (χ0v) is 15.9. The van der Waals surface area contributed by atoms with E-state index in [2.05, 4.69) is 0 Å². The molecule has 190 valence electrons. The molecule has 0 unspecified atom stereocenters. The summed E-state index contributed by atoms with van der Waals surface area (Å²) >= 11 is 0. The maximum absolute atomic E-state index is 14.7. The van der Waals surface area contributed by atoms with Crippen molar-refractivity contribution < 1.29 is 61.5 Å². The molecule has 0 saturated heterocycles. The minimum Gasteiger partial charge on any atom is -0.399 e. The van der Waals surface area contributed by atoms with Gasteiger partial charge in [-0.05, 0) is 47.5 Å². The Balaban J connectivity index is 3.24. The first-order chi connectivity index (χ1) is 15.0. The summed E-state index contributed by atoms with van der Waals surface area (Å²) in [7, 11) is 0. The van der Waals surface area contributed by atoms with E-state index in [-0.39, 0.29) is 24.3 Å². The molecule has 2 aromatic rings. The Morgan fingerprint density at radius 1 is 0.412 bits per heavy atom. The standard InChI is InChI=1S/C18H10F14N2/c19-14(20,21)9-1-7(3-11(33)5-9)13(17(27,28)29,16(25,26)18(30,31)32)8-2-10(15(22,23)24)6-12(34)4-8/h1-6H,33-34H2. The van der Waals surface area contributed by atoms with Gasteiger partial charge < -0.3 is 11.5 Å². The van der Waals surface area contributed by atoms with Gasteiger partial charge in [-0.15, -0.1) is 0 Å². The van der Waals surface area contributed by atoms with Gasteiger partial charge in [0.05, 0.1) is 11.1 Å². The van der Waals surface area contributed by atoms with E-state index < -0.39 is 81.8 Å². The fourth-order valence-electron chi connectivity index (χ4n) is 3.31. The maximum atomic E-state index is 14.7. The van der Waals surface area contributed by atoms with E-state index in [4.69, 9.17) is 11.5 Å². The van der Waals surface area contributed by atoms with Crippen molar-refractivity contribution in [2.45, 2.75) is 36.0 Å². The van der Waals surface area contributed by atoms with Crippen molar-refractivity contribution >= 4 is 11.4 Å². The average Bonchev–Trinajstić information content (AvgIpc) is 2.57. The van der Waals surface area contributed by atoms with Crippen molar-refractivity contribution in [2.75, 3.05) is 11.5 Å². The Morgan fingerprint density at radius 3 is 0.941 bits per heavy atom. The molecule has 0 spiro atoms. The average molecular weight is 520 g/mol. The van der Waals surface area contributed by atoms with Crippen LogP contribution in [-0.4, -0.2) is 18.3 Å². The molecule has 0 aliphatic carbocycles. The second-order valence-electron chi connectivity index (χ2n) is 7.00. The molecule has 0 radical (unpaired) electrons. The summed E-state index contributed by atoms with van der Waals surface area (Å²) in [6.07, 6.45) is -25.1. The monoisotopic (exact) mass is 520 g/mol. The molecule has 34 heavy (non-hydrogen) atoms.